The minimum Gasteiger partial charge on any atom is -0.368 e. The standard InChI is InChI=1S/C22H33N3O2/c1-3-5-6-14-24(13-4-2)19-15-25(16-19)18-9-7-17(8-10-18)20-11-12-21(26)23-22(20)27/h7-10,19-20H,3-6,11-16H2,1-2H3,(H,23,26,27). The molecule has 0 aromatic heterocycles. The number of piperidine rings is 1. The average molecular weight is 372 g/mol. The van der Waals surface area contributed by atoms with Crippen molar-refractivity contribution >= 4 is 17.5 Å². The number of nitrogens with one attached hydrogen (secondary N) is 1. The molecule has 0 radical (unpaired) electrons. The van der Waals surface area contributed by atoms with Crippen molar-refractivity contribution in [2.45, 2.75) is 64.3 Å². The predicted octanol–water partition coefficient (Wildman–Crippen LogP) is 3.30. The van der Waals surface area contributed by atoms with E-state index < -0.39 is 0 Å². The number of carbonyl (C=O) groups is 2. The van der Waals surface area contributed by atoms with Crippen molar-refractivity contribution < 1.29 is 9.59 Å². The van der Waals surface area contributed by atoms with Gasteiger partial charge in [0, 0.05) is 31.2 Å². The van der Waals surface area contributed by atoms with Gasteiger partial charge in [0.1, 0.15) is 0 Å². The van der Waals surface area contributed by atoms with Gasteiger partial charge in [-0.25, -0.2) is 0 Å². The minimum atomic E-state index is -0.195. The highest BCUT2D eigenvalue weighted by Crippen LogP contribution is 2.29. The molecule has 148 valence electrons. The van der Waals surface area contributed by atoms with E-state index in [0.717, 1.165) is 18.7 Å². The number of unbranched alkanes of at least 4 members (excludes halogenated alkanes) is 2. The van der Waals surface area contributed by atoms with Crippen molar-refractivity contribution in [3.05, 3.63) is 29.8 Å². The van der Waals surface area contributed by atoms with E-state index in [0.29, 0.717) is 18.9 Å². The maximum absolute atomic E-state index is 12.0. The second kappa shape index (κ2) is 9.36. The van der Waals surface area contributed by atoms with E-state index in [4.69, 9.17) is 0 Å². The Morgan fingerprint density at radius 3 is 2.41 bits per heavy atom. The Morgan fingerprint density at radius 1 is 1.04 bits per heavy atom. The van der Waals surface area contributed by atoms with Gasteiger partial charge in [0.2, 0.25) is 11.8 Å². The lowest BCUT2D eigenvalue weighted by Gasteiger charge is -2.47. The molecule has 1 unspecified atom stereocenters. The number of benzene rings is 1. The smallest absolute Gasteiger partial charge is 0.234 e. The van der Waals surface area contributed by atoms with Gasteiger partial charge in [-0.3, -0.25) is 19.8 Å². The van der Waals surface area contributed by atoms with Crippen LogP contribution in [0.25, 0.3) is 0 Å². The Labute approximate surface area is 163 Å². The Morgan fingerprint density at radius 2 is 1.78 bits per heavy atom. The van der Waals surface area contributed by atoms with E-state index in [2.05, 4.69) is 41.1 Å². The third-order valence-corrected chi connectivity index (χ3v) is 5.84. The summed E-state index contributed by atoms with van der Waals surface area (Å²) in [6, 6.07) is 9.01. The largest absolute Gasteiger partial charge is 0.368 e. The van der Waals surface area contributed by atoms with Crippen molar-refractivity contribution in [1.82, 2.24) is 10.2 Å². The molecule has 5 nitrogen and oxygen atoms in total. The normalized spacial score (nSPS) is 20.7. The summed E-state index contributed by atoms with van der Waals surface area (Å²) in [6.45, 7) is 9.10. The van der Waals surface area contributed by atoms with Gasteiger partial charge in [0.15, 0.2) is 0 Å². The summed E-state index contributed by atoms with van der Waals surface area (Å²) in [6.07, 6.45) is 6.14. The van der Waals surface area contributed by atoms with E-state index in [1.807, 2.05) is 12.1 Å². The van der Waals surface area contributed by atoms with Crippen LogP contribution < -0.4 is 10.2 Å². The number of rotatable bonds is 9. The highest BCUT2D eigenvalue weighted by atomic mass is 16.2. The first kappa shape index (κ1) is 19.9. The molecule has 2 heterocycles. The second-order valence-corrected chi connectivity index (χ2v) is 7.90. The Balaban J connectivity index is 1.53. The van der Waals surface area contributed by atoms with Crippen LogP contribution in [-0.4, -0.2) is 48.9 Å². The summed E-state index contributed by atoms with van der Waals surface area (Å²) in [7, 11) is 0. The summed E-state index contributed by atoms with van der Waals surface area (Å²) in [5.41, 5.74) is 2.24. The fourth-order valence-electron chi connectivity index (χ4n) is 4.16. The van der Waals surface area contributed by atoms with Gasteiger partial charge in [-0.2, -0.15) is 0 Å². The van der Waals surface area contributed by atoms with Crippen LogP contribution in [0.3, 0.4) is 0 Å². The van der Waals surface area contributed by atoms with Gasteiger partial charge in [0.05, 0.1) is 5.92 Å². The van der Waals surface area contributed by atoms with Crippen LogP contribution in [-0.2, 0) is 9.59 Å². The number of carbonyl (C=O) groups excluding carboxylic acids is 2. The van der Waals surface area contributed by atoms with E-state index in [1.165, 1.54) is 44.5 Å². The van der Waals surface area contributed by atoms with Crippen molar-refractivity contribution in [3.63, 3.8) is 0 Å². The van der Waals surface area contributed by atoms with Crippen LogP contribution in [0.2, 0.25) is 0 Å². The maximum Gasteiger partial charge on any atom is 0.234 e. The molecule has 2 aliphatic heterocycles. The molecule has 2 saturated heterocycles. The second-order valence-electron chi connectivity index (χ2n) is 7.90. The molecule has 0 bridgehead atoms. The maximum atomic E-state index is 12.0. The zero-order valence-corrected chi connectivity index (χ0v) is 16.7. The van der Waals surface area contributed by atoms with Gasteiger partial charge >= 0.3 is 0 Å². The summed E-state index contributed by atoms with van der Waals surface area (Å²) < 4.78 is 0. The Hall–Kier alpha value is -1.88. The topological polar surface area (TPSA) is 52.6 Å². The average Bonchev–Trinajstić information content (AvgIpc) is 2.61. The van der Waals surface area contributed by atoms with Crippen molar-refractivity contribution in [3.8, 4) is 0 Å². The number of amides is 2. The fourth-order valence-corrected chi connectivity index (χ4v) is 4.16. The molecule has 2 aliphatic rings. The van der Waals surface area contributed by atoms with Gasteiger partial charge < -0.3 is 4.90 Å². The van der Waals surface area contributed by atoms with Crippen LogP contribution in [0.5, 0.6) is 0 Å². The molecule has 1 aromatic rings. The van der Waals surface area contributed by atoms with Gasteiger partial charge in [0.25, 0.3) is 0 Å². The molecule has 0 spiro atoms. The third-order valence-electron chi connectivity index (χ3n) is 5.84. The highest BCUT2D eigenvalue weighted by Gasteiger charge is 2.32. The monoisotopic (exact) mass is 371 g/mol. The van der Waals surface area contributed by atoms with Crippen LogP contribution in [0.15, 0.2) is 24.3 Å². The lowest BCUT2D eigenvalue weighted by Crippen LogP contribution is -2.60. The molecule has 1 N–H and O–H groups in total. The number of hydrogen-bond donors (Lipinski definition) is 1. The van der Waals surface area contributed by atoms with E-state index in [1.54, 1.807) is 0 Å². The van der Waals surface area contributed by atoms with E-state index in [9.17, 15) is 9.59 Å². The fraction of sp³-hybridized carbons (Fsp3) is 0.636. The highest BCUT2D eigenvalue weighted by molar-refractivity contribution is 6.00. The zero-order valence-electron chi connectivity index (χ0n) is 16.7. The zero-order chi connectivity index (χ0) is 19.2. The summed E-state index contributed by atoms with van der Waals surface area (Å²) in [5, 5.41) is 2.44. The minimum absolute atomic E-state index is 0.157. The molecule has 0 saturated carbocycles. The van der Waals surface area contributed by atoms with Gasteiger partial charge in [-0.1, -0.05) is 38.8 Å². The molecule has 1 aromatic carbocycles. The summed E-state index contributed by atoms with van der Waals surface area (Å²) in [4.78, 5) is 28.4. The summed E-state index contributed by atoms with van der Waals surface area (Å²) in [5.74, 6) is -0.514. The number of anilines is 1. The third kappa shape index (κ3) is 4.89. The molecule has 2 amide bonds. The van der Waals surface area contributed by atoms with Crippen molar-refractivity contribution in [2.24, 2.45) is 0 Å². The molecule has 1 atom stereocenters. The van der Waals surface area contributed by atoms with E-state index >= 15 is 0 Å². The van der Waals surface area contributed by atoms with Crippen LogP contribution in [0.4, 0.5) is 5.69 Å². The number of imide groups is 1. The van der Waals surface area contributed by atoms with Crippen LogP contribution in [0, 0.1) is 0 Å². The lowest BCUT2D eigenvalue weighted by molar-refractivity contribution is -0.134. The molecular weight excluding hydrogens is 338 g/mol. The Kier molecular flexibility index (Phi) is 6.89. The van der Waals surface area contributed by atoms with E-state index in [-0.39, 0.29) is 17.7 Å². The van der Waals surface area contributed by atoms with Crippen LogP contribution >= 0.6 is 0 Å². The van der Waals surface area contributed by atoms with Crippen molar-refractivity contribution in [1.29, 1.82) is 0 Å². The molecule has 27 heavy (non-hydrogen) atoms. The SMILES string of the molecule is CCCCCN(CCC)C1CN(c2ccc(C3CCC(=O)NC3=O)cc2)C1. The first-order valence-corrected chi connectivity index (χ1v) is 10.5. The first-order chi connectivity index (χ1) is 13.1. The molecule has 2 fully saturated rings. The molecule has 5 heteroatoms. The number of hydrogen-bond acceptors (Lipinski definition) is 4. The predicted molar refractivity (Wildman–Crippen MR) is 109 cm³/mol. The molecule has 3 rings (SSSR count). The first-order valence-electron chi connectivity index (χ1n) is 10.5. The molecule has 0 aliphatic carbocycles. The number of nitrogens with zero attached hydrogens (tertiary/aromatic N) is 2. The van der Waals surface area contributed by atoms with Gasteiger partial charge in [-0.15, -0.1) is 0 Å². The van der Waals surface area contributed by atoms with Crippen molar-refractivity contribution in [2.75, 3.05) is 31.1 Å². The lowest BCUT2D eigenvalue weighted by atomic mass is 9.90. The van der Waals surface area contributed by atoms with Gasteiger partial charge in [-0.05, 0) is 50.0 Å². The Bertz CT molecular complexity index is 637. The van der Waals surface area contributed by atoms with Crippen LogP contribution in [0.1, 0.15) is 63.9 Å². The summed E-state index contributed by atoms with van der Waals surface area (Å²) >= 11 is 0. The quantitative estimate of drug-likeness (QED) is 0.535. The molecular formula is C22H33N3O2.